The lowest BCUT2D eigenvalue weighted by Crippen LogP contribution is -2.46. The van der Waals surface area contributed by atoms with Crippen LogP contribution in [0.25, 0.3) is 0 Å². The van der Waals surface area contributed by atoms with Crippen LogP contribution in [0.5, 0.6) is 0 Å². The van der Waals surface area contributed by atoms with E-state index in [4.69, 9.17) is 0 Å². The molecule has 3 aromatic rings. The van der Waals surface area contributed by atoms with Crippen LogP contribution in [0.1, 0.15) is 22.3 Å². The van der Waals surface area contributed by atoms with E-state index >= 15 is 0 Å². The lowest BCUT2D eigenvalue weighted by molar-refractivity contribution is -0.385. The van der Waals surface area contributed by atoms with E-state index in [1.165, 1.54) is 23.4 Å². The molecule has 0 atom stereocenters. The highest BCUT2D eigenvalue weighted by Crippen LogP contribution is 2.32. The molecule has 0 aliphatic carbocycles. The van der Waals surface area contributed by atoms with E-state index in [2.05, 4.69) is 34.1 Å². The Morgan fingerprint density at radius 3 is 2.06 bits per heavy atom. The number of hydrogen-bond donors (Lipinski definition) is 0. The van der Waals surface area contributed by atoms with Gasteiger partial charge in [-0.25, -0.2) is 0 Å². The van der Waals surface area contributed by atoms with Crippen LogP contribution < -0.4 is 0 Å². The topological polar surface area (TPSA) is 66.7 Å². The van der Waals surface area contributed by atoms with E-state index in [0.29, 0.717) is 6.54 Å². The van der Waals surface area contributed by atoms with Crippen LogP contribution in [0.15, 0.2) is 88.7 Å². The van der Waals surface area contributed by atoms with Gasteiger partial charge in [-0.1, -0.05) is 60.3 Å². The normalized spacial score (nSPS) is 13.9. The summed E-state index contributed by atoms with van der Waals surface area (Å²) in [5, 5.41) is 11.7. The Morgan fingerprint density at radius 1 is 0.829 bits per heavy atom. The molecule has 4 rings (SSSR count). The van der Waals surface area contributed by atoms with Gasteiger partial charge in [0.05, 0.1) is 10.5 Å². The SMILES string of the molecule is Cl.Cl.O=C(CCN1CCN(Cc2ccccc2)CC1)c1ccc(Sc2ccccc2)cc1[N+](=O)[O-]. The predicted octanol–water partition coefficient (Wildman–Crippen LogP) is 5.98. The third-order valence-electron chi connectivity index (χ3n) is 5.81. The third-order valence-corrected chi connectivity index (χ3v) is 6.81. The summed E-state index contributed by atoms with van der Waals surface area (Å²) < 4.78 is 0. The van der Waals surface area contributed by atoms with Gasteiger partial charge < -0.3 is 4.90 Å². The second kappa shape index (κ2) is 14.2. The Bertz CT molecular complexity index is 1100. The van der Waals surface area contributed by atoms with E-state index in [9.17, 15) is 14.9 Å². The van der Waals surface area contributed by atoms with Crippen molar-refractivity contribution >= 4 is 48.0 Å². The molecule has 0 bridgehead atoms. The van der Waals surface area contributed by atoms with Gasteiger partial charge in [0.25, 0.3) is 5.69 Å². The molecule has 9 heteroatoms. The minimum Gasteiger partial charge on any atom is -0.300 e. The van der Waals surface area contributed by atoms with Gasteiger partial charge >= 0.3 is 0 Å². The van der Waals surface area contributed by atoms with E-state index in [1.54, 1.807) is 12.1 Å². The number of ketones is 1. The number of carbonyl (C=O) groups excluding carboxylic acids is 1. The number of nitrogens with zero attached hydrogens (tertiary/aromatic N) is 3. The van der Waals surface area contributed by atoms with Crippen LogP contribution in [0.4, 0.5) is 5.69 Å². The number of piperazine rings is 1. The lowest BCUT2D eigenvalue weighted by atomic mass is 10.1. The van der Waals surface area contributed by atoms with E-state index < -0.39 is 4.92 Å². The second-order valence-corrected chi connectivity index (χ2v) is 9.27. The zero-order valence-electron chi connectivity index (χ0n) is 19.2. The average Bonchev–Trinajstić information content (AvgIpc) is 2.84. The van der Waals surface area contributed by atoms with Crippen molar-refractivity contribution in [2.75, 3.05) is 32.7 Å². The van der Waals surface area contributed by atoms with Gasteiger partial charge in [-0.3, -0.25) is 19.8 Å². The Hall–Kier alpha value is -2.42. The average molecular weight is 535 g/mol. The largest absolute Gasteiger partial charge is 0.300 e. The number of nitro groups is 1. The first-order valence-electron chi connectivity index (χ1n) is 11.1. The van der Waals surface area contributed by atoms with Crippen LogP contribution in [0, 0.1) is 10.1 Å². The van der Waals surface area contributed by atoms with Gasteiger partial charge in [-0.2, -0.15) is 0 Å². The predicted molar refractivity (Wildman–Crippen MR) is 145 cm³/mol. The lowest BCUT2D eigenvalue weighted by Gasteiger charge is -2.34. The number of benzene rings is 3. The molecule has 6 nitrogen and oxygen atoms in total. The Balaban J connectivity index is 0.00000216. The summed E-state index contributed by atoms with van der Waals surface area (Å²) >= 11 is 1.45. The molecule has 1 saturated heterocycles. The Kier molecular flexibility index (Phi) is 11.7. The molecule has 35 heavy (non-hydrogen) atoms. The maximum atomic E-state index is 12.8. The third kappa shape index (κ3) is 8.33. The van der Waals surface area contributed by atoms with E-state index in [0.717, 1.165) is 42.5 Å². The highest BCUT2D eigenvalue weighted by atomic mass is 35.5. The minimum atomic E-state index is -0.454. The Morgan fingerprint density at radius 2 is 1.43 bits per heavy atom. The summed E-state index contributed by atoms with van der Waals surface area (Å²) in [4.78, 5) is 30.5. The molecule has 0 radical (unpaired) electrons. The molecule has 0 spiro atoms. The Labute approximate surface area is 222 Å². The standard InChI is InChI=1S/C26H27N3O3S.2ClH/c30-26(13-14-27-15-17-28(18-16-27)20-21-7-3-1-4-8-21)24-12-11-23(19-25(24)29(31)32)33-22-9-5-2-6-10-22;;/h1-12,19H,13-18,20H2;2*1H. The number of halogens is 2. The molecule has 1 fully saturated rings. The van der Waals surface area contributed by atoms with Crippen molar-refractivity contribution in [2.45, 2.75) is 22.8 Å². The smallest absolute Gasteiger partial charge is 0.281 e. The van der Waals surface area contributed by atoms with Crippen molar-refractivity contribution in [1.82, 2.24) is 9.80 Å². The van der Waals surface area contributed by atoms with Crippen molar-refractivity contribution < 1.29 is 9.72 Å². The fraction of sp³-hybridized carbons (Fsp3) is 0.269. The summed E-state index contributed by atoms with van der Waals surface area (Å²) in [6.45, 7) is 5.26. The first-order valence-corrected chi connectivity index (χ1v) is 11.9. The number of hydrogen-bond acceptors (Lipinski definition) is 6. The van der Waals surface area contributed by atoms with Crippen molar-refractivity contribution in [1.29, 1.82) is 0 Å². The fourth-order valence-electron chi connectivity index (χ4n) is 3.99. The molecule has 1 aliphatic heterocycles. The summed E-state index contributed by atoms with van der Waals surface area (Å²) in [5.74, 6) is -0.176. The number of rotatable bonds is 9. The molecule has 0 N–H and O–H groups in total. The van der Waals surface area contributed by atoms with E-state index in [1.807, 2.05) is 36.4 Å². The number of Topliss-reactive ketones (excluding diaryl/α,β-unsaturated/α-hetero) is 1. The molecular weight excluding hydrogens is 505 g/mol. The maximum Gasteiger partial charge on any atom is 0.281 e. The highest BCUT2D eigenvalue weighted by Gasteiger charge is 2.23. The van der Waals surface area contributed by atoms with Crippen LogP contribution in [0.2, 0.25) is 0 Å². The summed E-state index contributed by atoms with van der Waals surface area (Å²) in [7, 11) is 0. The van der Waals surface area contributed by atoms with Crippen LogP contribution >= 0.6 is 36.6 Å². The van der Waals surface area contributed by atoms with Crippen LogP contribution in [0.3, 0.4) is 0 Å². The quantitative estimate of drug-likeness (QED) is 0.191. The zero-order chi connectivity index (χ0) is 23.0. The van der Waals surface area contributed by atoms with Gasteiger partial charge in [0, 0.05) is 61.5 Å². The first kappa shape index (κ1) is 28.8. The number of nitro benzene ring substituents is 1. The molecule has 3 aromatic carbocycles. The molecular formula is C26H29Cl2N3O3S. The van der Waals surface area contributed by atoms with Crippen molar-refractivity contribution in [3.8, 4) is 0 Å². The molecule has 0 unspecified atom stereocenters. The summed E-state index contributed by atoms with van der Waals surface area (Å²) in [5.41, 5.74) is 1.39. The highest BCUT2D eigenvalue weighted by molar-refractivity contribution is 7.99. The van der Waals surface area contributed by atoms with Crippen LogP contribution in [-0.4, -0.2) is 53.2 Å². The van der Waals surface area contributed by atoms with Gasteiger partial charge in [0.2, 0.25) is 0 Å². The van der Waals surface area contributed by atoms with E-state index in [-0.39, 0.29) is 48.3 Å². The van der Waals surface area contributed by atoms with Crippen molar-refractivity contribution in [3.05, 3.63) is 100 Å². The summed E-state index contributed by atoms with van der Waals surface area (Å²) in [6.07, 6.45) is 0.282. The summed E-state index contributed by atoms with van der Waals surface area (Å²) in [6, 6.07) is 25.0. The van der Waals surface area contributed by atoms with Crippen molar-refractivity contribution in [2.24, 2.45) is 0 Å². The first-order chi connectivity index (χ1) is 16.1. The maximum absolute atomic E-state index is 12.8. The monoisotopic (exact) mass is 533 g/mol. The second-order valence-electron chi connectivity index (χ2n) is 8.13. The molecule has 1 aliphatic rings. The number of carbonyl (C=O) groups is 1. The molecule has 186 valence electrons. The van der Waals surface area contributed by atoms with Gasteiger partial charge in [0.1, 0.15) is 0 Å². The molecule has 1 heterocycles. The van der Waals surface area contributed by atoms with Gasteiger partial charge in [-0.15, -0.1) is 24.8 Å². The minimum absolute atomic E-state index is 0. The zero-order valence-corrected chi connectivity index (χ0v) is 21.7. The van der Waals surface area contributed by atoms with Gasteiger partial charge in [-0.05, 0) is 29.8 Å². The van der Waals surface area contributed by atoms with Gasteiger partial charge in [0.15, 0.2) is 5.78 Å². The fourth-order valence-corrected chi connectivity index (χ4v) is 4.87. The van der Waals surface area contributed by atoms with Crippen LogP contribution in [-0.2, 0) is 6.54 Å². The van der Waals surface area contributed by atoms with Crippen molar-refractivity contribution in [3.63, 3.8) is 0 Å². The molecule has 0 saturated carbocycles. The molecule has 0 amide bonds. The molecule has 0 aromatic heterocycles.